The van der Waals surface area contributed by atoms with Gasteiger partial charge in [-0.15, -0.1) is 0 Å². The lowest BCUT2D eigenvalue weighted by Crippen LogP contribution is -2.56. The first kappa shape index (κ1) is 14.7. The molecular formula is C15H20N4O3. The maximum absolute atomic E-state index is 12.0. The Morgan fingerprint density at radius 2 is 1.95 bits per heavy atom. The van der Waals surface area contributed by atoms with Gasteiger partial charge in [0.1, 0.15) is 5.82 Å². The molecule has 1 aromatic rings. The van der Waals surface area contributed by atoms with Gasteiger partial charge in [0, 0.05) is 39.0 Å². The molecule has 0 aromatic carbocycles. The molecule has 0 aliphatic carbocycles. The van der Waals surface area contributed by atoms with E-state index in [4.69, 9.17) is 0 Å². The van der Waals surface area contributed by atoms with E-state index in [-0.39, 0.29) is 12.3 Å². The molecule has 2 aliphatic rings. The third kappa shape index (κ3) is 2.12. The summed E-state index contributed by atoms with van der Waals surface area (Å²) in [6, 6.07) is 0. The van der Waals surface area contributed by atoms with E-state index < -0.39 is 17.4 Å². The molecule has 3 rings (SSSR count). The van der Waals surface area contributed by atoms with Crippen molar-refractivity contribution in [3.8, 4) is 0 Å². The van der Waals surface area contributed by atoms with E-state index >= 15 is 0 Å². The number of piperidine rings is 1. The summed E-state index contributed by atoms with van der Waals surface area (Å²) in [5.41, 5.74) is 0.305. The minimum Gasteiger partial charge on any atom is -0.481 e. The summed E-state index contributed by atoms with van der Waals surface area (Å²) in [7, 11) is 1.73. The number of hydrogen-bond acceptors (Lipinski definition) is 5. The predicted octanol–water partition coefficient (Wildman–Crippen LogP) is 0.687. The Bertz CT molecular complexity index is 611. The molecule has 2 aliphatic heterocycles. The molecule has 0 radical (unpaired) electrons. The van der Waals surface area contributed by atoms with Crippen molar-refractivity contribution >= 4 is 17.7 Å². The summed E-state index contributed by atoms with van der Waals surface area (Å²) in [5.74, 6) is -0.718. The molecular weight excluding hydrogens is 284 g/mol. The summed E-state index contributed by atoms with van der Waals surface area (Å²) in [5, 5.41) is 9.48. The predicted molar refractivity (Wildman–Crippen MR) is 79.5 cm³/mol. The van der Waals surface area contributed by atoms with E-state index in [1.165, 1.54) is 0 Å². The largest absolute Gasteiger partial charge is 0.481 e. The van der Waals surface area contributed by atoms with Crippen LogP contribution in [0.5, 0.6) is 0 Å². The molecule has 1 atom stereocenters. The summed E-state index contributed by atoms with van der Waals surface area (Å²) < 4.78 is 0. The molecule has 1 N–H and O–H groups in total. The minimum atomic E-state index is -0.873. The van der Waals surface area contributed by atoms with Crippen molar-refractivity contribution in [3.05, 3.63) is 18.1 Å². The zero-order valence-electron chi connectivity index (χ0n) is 12.8. The zero-order valence-corrected chi connectivity index (χ0v) is 12.8. The van der Waals surface area contributed by atoms with Gasteiger partial charge < -0.3 is 14.9 Å². The molecule has 0 bridgehead atoms. The monoisotopic (exact) mass is 304 g/mol. The van der Waals surface area contributed by atoms with Crippen molar-refractivity contribution in [2.75, 3.05) is 25.0 Å². The number of likely N-dealkylation sites (tertiary alicyclic amines) is 1. The van der Waals surface area contributed by atoms with Crippen LogP contribution in [0.15, 0.2) is 12.4 Å². The number of aryl methyl sites for hydroxylation is 1. The second-order valence-corrected chi connectivity index (χ2v) is 6.10. The number of carboxylic acids is 1. The first-order valence-electron chi connectivity index (χ1n) is 7.48. The van der Waals surface area contributed by atoms with Gasteiger partial charge >= 0.3 is 5.97 Å². The lowest BCUT2D eigenvalue weighted by molar-refractivity contribution is -0.145. The second-order valence-electron chi connectivity index (χ2n) is 6.10. The Hall–Kier alpha value is -2.18. The molecule has 7 nitrogen and oxygen atoms in total. The van der Waals surface area contributed by atoms with Gasteiger partial charge in [-0.25, -0.2) is 4.98 Å². The maximum Gasteiger partial charge on any atom is 0.309 e. The molecule has 3 heterocycles. The van der Waals surface area contributed by atoms with Crippen LogP contribution in [0.1, 0.15) is 25.0 Å². The van der Waals surface area contributed by atoms with Gasteiger partial charge in [-0.1, -0.05) is 0 Å². The Kier molecular flexibility index (Phi) is 3.50. The minimum absolute atomic E-state index is 0.0727. The highest BCUT2D eigenvalue weighted by Gasteiger charge is 2.55. The van der Waals surface area contributed by atoms with Gasteiger partial charge in [0.25, 0.3) is 0 Å². The van der Waals surface area contributed by atoms with E-state index in [0.717, 1.165) is 11.5 Å². The lowest BCUT2D eigenvalue weighted by Gasteiger charge is -2.45. The van der Waals surface area contributed by atoms with Crippen LogP contribution in [0.3, 0.4) is 0 Å². The van der Waals surface area contributed by atoms with Gasteiger partial charge in [0.05, 0.1) is 17.2 Å². The standard InChI is InChI=1S/C15H20N4O3/c1-10-13(17-6-5-16-10)19-7-3-15(4-8-19)11(14(21)22)9-12(20)18(15)2/h5-6,11H,3-4,7-9H2,1-2H3,(H,21,22)/t11-/m0/s1. The number of nitrogens with zero attached hydrogens (tertiary/aromatic N) is 4. The fraction of sp³-hybridized carbons (Fsp3) is 0.600. The summed E-state index contributed by atoms with van der Waals surface area (Å²) in [4.78, 5) is 36.0. The number of carbonyl (C=O) groups excluding carboxylic acids is 1. The van der Waals surface area contributed by atoms with Gasteiger partial charge in [0.15, 0.2) is 0 Å². The van der Waals surface area contributed by atoms with Crippen molar-refractivity contribution in [1.29, 1.82) is 0 Å². The smallest absolute Gasteiger partial charge is 0.309 e. The molecule has 0 saturated carbocycles. The molecule has 7 heteroatoms. The number of carboxylic acid groups (broad SMARTS) is 1. The number of aromatic nitrogens is 2. The lowest BCUT2D eigenvalue weighted by atomic mass is 9.77. The Balaban J connectivity index is 1.82. The highest BCUT2D eigenvalue weighted by atomic mass is 16.4. The van der Waals surface area contributed by atoms with Crippen LogP contribution in [0.4, 0.5) is 5.82 Å². The fourth-order valence-corrected chi connectivity index (χ4v) is 3.80. The summed E-state index contributed by atoms with van der Waals surface area (Å²) in [6.07, 6.45) is 4.71. The SMILES string of the molecule is Cc1nccnc1N1CCC2(CC1)[C@H](C(=O)O)CC(=O)N2C. The Morgan fingerprint density at radius 3 is 2.55 bits per heavy atom. The van der Waals surface area contributed by atoms with Crippen LogP contribution < -0.4 is 4.90 Å². The first-order chi connectivity index (χ1) is 10.5. The molecule has 2 saturated heterocycles. The van der Waals surface area contributed by atoms with E-state index in [1.807, 2.05) is 6.92 Å². The highest BCUT2D eigenvalue weighted by molar-refractivity contribution is 5.88. The molecule has 0 unspecified atom stereocenters. The molecule has 22 heavy (non-hydrogen) atoms. The van der Waals surface area contributed by atoms with Crippen LogP contribution in [0, 0.1) is 12.8 Å². The number of hydrogen-bond donors (Lipinski definition) is 1. The molecule has 1 spiro atoms. The highest BCUT2D eigenvalue weighted by Crippen LogP contribution is 2.43. The van der Waals surface area contributed by atoms with Crippen molar-refractivity contribution in [1.82, 2.24) is 14.9 Å². The van der Waals surface area contributed by atoms with E-state index in [1.54, 1.807) is 24.3 Å². The van der Waals surface area contributed by atoms with Crippen molar-refractivity contribution in [2.24, 2.45) is 5.92 Å². The van der Waals surface area contributed by atoms with Gasteiger partial charge in [-0.05, 0) is 19.8 Å². The number of anilines is 1. The van der Waals surface area contributed by atoms with Crippen LogP contribution in [0.2, 0.25) is 0 Å². The van der Waals surface area contributed by atoms with Crippen molar-refractivity contribution < 1.29 is 14.7 Å². The summed E-state index contributed by atoms with van der Waals surface area (Å²) >= 11 is 0. The van der Waals surface area contributed by atoms with Crippen molar-refractivity contribution in [3.63, 3.8) is 0 Å². The van der Waals surface area contributed by atoms with Crippen molar-refractivity contribution in [2.45, 2.75) is 31.7 Å². The number of amides is 1. The summed E-state index contributed by atoms with van der Waals surface area (Å²) in [6.45, 7) is 3.28. The van der Waals surface area contributed by atoms with Crippen LogP contribution in [0.25, 0.3) is 0 Å². The van der Waals surface area contributed by atoms with Gasteiger partial charge in [0.2, 0.25) is 5.91 Å². The van der Waals surface area contributed by atoms with E-state index in [9.17, 15) is 14.7 Å². The maximum atomic E-state index is 12.0. The van der Waals surface area contributed by atoms with E-state index in [2.05, 4.69) is 14.9 Å². The van der Waals surface area contributed by atoms with Gasteiger partial charge in [-0.2, -0.15) is 0 Å². The molecule has 118 valence electrons. The Labute approximate surface area is 129 Å². The quantitative estimate of drug-likeness (QED) is 0.865. The molecule has 2 fully saturated rings. The third-order valence-electron chi connectivity index (χ3n) is 5.15. The Morgan fingerprint density at radius 1 is 1.32 bits per heavy atom. The average Bonchev–Trinajstić information content (AvgIpc) is 2.74. The normalized spacial score (nSPS) is 24.1. The second kappa shape index (κ2) is 5.23. The van der Waals surface area contributed by atoms with E-state index in [0.29, 0.717) is 25.9 Å². The average molecular weight is 304 g/mol. The van der Waals surface area contributed by atoms with Crippen LogP contribution in [-0.2, 0) is 9.59 Å². The zero-order chi connectivity index (χ0) is 15.9. The fourth-order valence-electron chi connectivity index (χ4n) is 3.80. The number of rotatable bonds is 2. The molecule has 1 aromatic heterocycles. The van der Waals surface area contributed by atoms with Gasteiger partial charge in [-0.3, -0.25) is 14.6 Å². The molecule has 1 amide bonds. The third-order valence-corrected chi connectivity index (χ3v) is 5.15. The van der Waals surface area contributed by atoms with Crippen LogP contribution in [-0.4, -0.2) is 57.5 Å². The number of aliphatic carboxylic acids is 1. The number of carbonyl (C=O) groups is 2. The topological polar surface area (TPSA) is 86.6 Å². The van der Waals surface area contributed by atoms with Crippen LogP contribution >= 0.6 is 0 Å². The first-order valence-corrected chi connectivity index (χ1v) is 7.48.